The zero-order chi connectivity index (χ0) is 26.0. The summed E-state index contributed by atoms with van der Waals surface area (Å²) in [7, 11) is 1.88. The Morgan fingerprint density at radius 1 is 1.08 bits per heavy atom. The minimum atomic E-state index is -3.59. The maximum atomic E-state index is 13.0. The molecule has 2 aromatic heterocycles. The molecule has 36 heavy (non-hydrogen) atoms. The van der Waals surface area contributed by atoms with Crippen molar-refractivity contribution in [2.24, 2.45) is 7.05 Å². The Bertz CT molecular complexity index is 1440. The highest BCUT2D eigenvalue weighted by atomic mass is 31.2. The summed E-state index contributed by atoms with van der Waals surface area (Å²) in [4.78, 5) is 38.1. The molecule has 190 valence electrons. The second-order valence-corrected chi connectivity index (χ2v) is 10.6. The molecule has 12 heteroatoms. The summed E-state index contributed by atoms with van der Waals surface area (Å²) in [5, 5.41) is 2.57. The number of nitrogens with zero attached hydrogens (tertiary/aromatic N) is 3. The van der Waals surface area contributed by atoms with Gasteiger partial charge < -0.3 is 28.7 Å². The number of nitrogens with one attached hydrogen (secondary N) is 2. The van der Waals surface area contributed by atoms with E-state index in [2.05, 4.69) is 15.3 Å². The van der Waals surface area contributed by atoms with Gasteiger partial charge in [-0.25, -0.2) is 14.8 Å². The fourth-order valence-electron chi connectivity index (χ4n) is 4.05. The number of rotatable bonds is 9. The SMILES string of the molecule is COC(=O)C(CP(=O)(OC)OC)NC(=O)c1ccc2nc(C(C)c3nc4ccccc4[nH]3)n(C)c2c1. The first-order valence-corrected chi connectivity index (χ1v) is 12.9. The number of benzene rings is 2. The molecule has 0 bridgehead atoms. The lowest BCUT2D eigenvalue weighted by Gasteiger charge is -2.20. The van der Waals surface area contributed by atoms with Crippen LogP contribution in [0.1, 0.15) is 34.8 Å². The zero-order valence-corrected chi connectivity index (χ0v) is 21.5. The molecule has 2 heterocycles. The Balaban J connectivity index is 1.61. The largest absolute Gasteiger partial charge is 0.467 e. The number of amides is 1. The van der Waals surface area contributed by atoms with Gasteiger partial charge in [0.15, 0.2) is 0 Å². The lowest BCUT2D eigenvalue weighted by molar-refractivity contribution is -0.142. The Hall–Kier alpha value is -3.53. The first-order chi connectivity index (χ1) is 17.2. The predicted octanol–water partition coefficient (Wildman–Crippen LogP) is 3.36. The van der Waals surface area contributed by atoms with Gasteiger partial charge in [0, 0.05) is 26.8 Å². The molecule has 4 rings (SSSR count). The van der Waals surface area contributed by atoms with Gasteiger partial charge in [-0.15, -0.1) is 0 Å². The van der Waals surface area contributed by atoms with Crippen molar-refractivity contribution < 1.29 is 27.9 Å². The third-order valence-corrected chi connectivity index (χ3v) is 8.06. The van der Waals surface area contributed by atoms with E-state index in [4.69, 9.17) is 18.8 Å². The lowest BCUT2D eigenvalue weighted by Crippen LogP contribution is -2.44. The molecule has 0 aliphatic heterocycles. The van der Waals surface area contributed by atoms with Crippen molar-refractivity contribution in [3.63, 3.8) is 0 Å². The third kappa shape index (κ3) is 4.90. The maximum Gasteiger partial charge on any atom is 0.332 e. The first kappa shape index (κ1) is 25.6. The van der Waals surface area contributed by atoms with E-state index < -0.39 is 25.5 Å². The number of para-hydroxylation sites is 2. The zero-order valence-electron chi connectivity index (χ0n) is 20.6. The molecular weight excluding hydrogens is 485 g/mol. The van der Waals surface area contributed by atoms with E-state index in [-0.39, 0.29) is 12.1 Å². The van der Waals surface area contributed by atoms with E-state index in [0.29, 0.717) is 11.1 Å². The number of hydrogen-bond donors (Lipinski definition) is 2. The van der Waals surface area contributed by atoms with Crippen LogP contribution in [0.2, 0.25) is 0 Å². The average molecular weight is 513 g/mol. The number of carbonyl (C=O) groups excluding carboxylic acids is 2. The Labute approximate surface area is 207 Å². The quantitative estimate of drug-likeness (QED) is 0.257. The molecule has 11 nitrogen and oxygen atoms in total. The monoisotopic (exact) mass is 513 g/mol. The van der Waals surface area contributed by atoms with Crippen LogP contribution in [0.25, 0.3) is 22.1 Å². The second-order valence-electron chi connectivity index (χ2n) is 8.30. The van der Waals surface area contributed by atoms with Gasteiger partial charge in [0.05, 0.1) is 41.3 Å². The minimum absolute atomic E-state index is 0.131. The minimum Gasteiger partial charge on any atom is -0.467 e. The van der Waals surface area contributed by atoms with Crippen LogP contribution in [-0.4, -0.2) is 64.9 Å². The van der Waals surface area contributed by atoms with Crippen molar-refractivity contribution in [3.8, 4) is 0 Å². The number of carbonyl (C=O) groups is 2. The van der Waals surface area contributed by atoms with Crippen LogP contribution in [0, 0.1) is 0 Å². The summed E-state index contributed by atoms with van der Waals surface area (Å²) in [6.45, 7) is 2.01. The fraction of sp³-hybridized carbons (Fsp3) is 0.333. The number of hydrogen-bond acceptors (Lipinski definition) is 8. The topological polar surface area (TPSA) is 137 Å². The van der Waals surface area contributed by atoms with Gasteiger partial charge in [0.1, 0.15) is 17.7 Å². The smallest absolute Gasteiger partial charge is 0.332 e. The molecule has 0 saturated heterocycles. The number of aromatic nitrogens is 4. The summed E-state index contributed by atoms with van der Waals surface area (Å²) in [5.74, 6) is 0.123. The van der Waals surface area contributed by atoms with E-state index in [1.807, 2.05) is 42.8 Å². The number of esters is 1. The first-order valence-electron chi connectivity index (χ1n) is 11.2. The van der Waals surface area contributed by atoms with Crippen LogP contribution in [-0.2, 0) is 30.2 Å². The number of aromatic amines is 1. The summed E-state index contributed by atoms with van der Waals surface area (Å²) >= 11 is 0. The van der Waals surface area contributed by atoms with Gasteiger partial charge in [-0.3, -0.25) is 9.36 Å². The average Bonchev–Trinajstić information content (AvgIpc) is 3.48. The predicted molar refractivity (Wildman–Crippen MR) is 134 cm³/mol. The molecule has 2 unspecified atom stereocenters. The highest BCUT2D eigenvalue weighted by Gasteiger charge is 2.33. The molecule has 2 atom stereocenters. The van der Waals surface area contributed by atoms with Crippen LogP contribution in [0.15, 0.2) is 42.5 Å². The van der Waals surface area contributed by atoms with Crippen LogP contribution >= 0.6 is 7.60 Å². The normalized spacial score (nSPS) is 13.6. The standard InChI is InChI=1S/C24H28N5O6P/c1-14(21-25-16-8-6-7-9-17(16)26-21)22-27-18-11-10-15(12-20(18)29(22)2)23(30)28-19(24(31)33-3)13-36(32,34-4)35-5/h6-12,14,19H,13H2,1-5H3,(H,25,26)(H,28,30). The van der Waals surface area contributed by atoms with Crippen LogP contribution in [0.5, 0.6) is 0 Å². The summed E-state index contributed by atoms with van der Waals surface area (Å²) < 4.78 is 29.0. The molecule has 0 spiro atoms. The summed E-state index contributed by atoms with van der Waals surface area (Å²) in [5.41, 5.74) is 3.56. The Kier molecular flexibility index (Phi) is 7.26. The molecule has 4 aromatic rings. The van der Waals surface area contributed by atoms with Crippen molar-refractivity contribution in [2.45, 2.75) is 18.9 Å². The molecule has 0 aliphatic carbocycles. The van der Waals surface area contributed by atoms with Crippen molar-refractivity contribution in [1.29, 1.82) is 0 Å². The van der Waals surface area contributed by atoms with Crippen molar-refractivity contribution in [1.82, 2.24) is 24.8 Å². The molecular formula is C24H28N5O6P. The van der Waals surface area contributed by atoms with Gasteiger partial charge in [-0.2, -0.15) is 0 Å². The van der Waals surface area contributed by atoms with E-state index >= 15 is 0 Å². The van der Waals surface area contributed by atoms with Gasteiger partial charge in [0.2, 0.25) is 0 Å². The van der Waals surface area contributed by atoms with Gasteiger partial charge in [0.25, 0.3) is 5.91 Å². The Morgan fingerprint density at radius 2 is 1.81 bits per heavy atom. The third-order valence-electron chi connectivity index (χ3n) is 6.14. The summed E-state index contributed by atoms with van der Waals surface area (Å²) in [6, 6.07) is 11.6. The van der Waals surface area contributed by atoms with Crippen molar-refractivity contribution in [2.75, 3.05) is 27.5 Å². The van der Waals surface area contributed by atoms with E-state index in [1.54, 1.807) is 18.2 Å². The molecule has 0 radical (unpaired) electrons. The number of H-pyrrole nitrogens is 1. The van der Waals surface area contributed by atoms with E-state index in [1.165, 1.54) is 21.3 Å². The number of aryl methyl sites for hydroxylation is 1. The van der Waals surface area contributed by atoms with Crippen LogP contribution < -0.4 is 5.32 Å². The van der Waals surface area contributed by atoms with Crippen molar-refractivity contribution in [3.05, 3.63) is 59.7 Å². The number of imidazole rings is 2. The highest BCUT2D eigenvalue weighted by Crippen LogP contribution is 2.46. The van der Waals surface area contributed by atoms with Crippen LogP contribution in [0.4, 0.5) is 0 Å². The molecule has 0 fully saturated rings. The molecule has 2 N–H and O–H groups in total. The molecule has 2 aromatic carbocycles. The summed E-state index contributed by atoms with van der Waals surface area (Å²) in [6.07, 6.45) is -0.370. The fourth-order valence-corrected chi connectivity index (χ4v) is 5.18. The number of ether oxygens (including phenoxy) is 1. The molecule has 0 saturated carbocycles. The second kappa shape index (κ2) is 10.2. The number of fused-ring (bicyclic) bond motifs is 2. The highest BCUT2D eigenvalue weighted by molar-refractivity contribution is 7.53. The Morgan fingerprint density at radius 3 is 2.47 bits per heavy atom. The lowest BCUT2D eigenvalue weighted by atomic mass is 10.1. The van der Waals surface area contributed by atoms with E-state index in [9.17, 15) is 14.2 Å². The maximum absolute atomic E-state index is 13.0. The molecule has 1 amide bonds. The van der Waals surface area contributed by atoms with Gasteiger partial charge >= 0.3 is 13.6 Å². The van der Waals surface area contributed by atoms with Crippen LogP contribution in [0.3, 0.4) is 0 Å². The number of methoxy groups -OCH3 is 1. The van der Waals surface area contributed by atoms with E-state index in [0.717, 1.165) is 28.2 Å². The molecule has 0 aliphatic rings. The van der Waals surface area contributed by atoms with Gasteiger partial charge in [-0.1, -0.05) is 12.1 Å². The van der Waals surface area contributed by atoms with Crippen molar-refractivity contribution >= 4 is 41.5 Å². The van der Waals surface area contributed by atoms with Gasteiger partial charge in [-0.05, 0) is 37.3 Å².